The highest BCUT2D eigenvalue weighted by Crippen LogP contribution is 2.58. The molecule has 4 amide bonds. The van der Waals surface area contributed by atoms with Crippen LogP contribution in [0.2, 0.25) is 0 Å². The van der Waals surface area contributed by atoms with Crippen molar-refractivity contribution >= 4 is 35.4 Å². The smallest absolute Gasteiger partial charge is 0.242 e. The topological polar surface area (TPSA) is 116 Å². The third-order valence-electron chi connectivity index (χ3n) is 11.6. The van der Waals surface area contributed by atoms with E-state index in [0.717, 1.165) is 70.6 Å². The number of thioether (sulfide) groups is 1. The maximum Gasteiger partial charge on any atom is 0.242 e. The van der Waals surface area contributed by atoms with Crippen molar-refractivity contribution in [1.29, 1.82) is 0 Å². The van der Waals surface area contributed by atoms with Crippen molar-refractivity contribution in [3.05, 3.63) is 0 Å². The molecule has 0 radical (unpaired) electrons. The van der Waals surface area contributed by atoms with Gasteiger partial charge in [-0.25, -0.2) is 4.89 Å². The summed E-state index contributed by atoms with van der Waals surface area (Å²) in [6.45, 7) is 0.456. The summed E-state index contributed by atoms with van der Waals surface area (Å²) >= 11 is 1.44. The molecule has 3 unspecified atom stereocenters. The van der Waals surface area contributed by atoms with Gasteiger partial charge in [-0.2, -0.15) is 0 Å². The van der Waals surface area contributed by atoms with Crippen LogP contribution in [0, 0.1) is 29.6 Å². The summed E-state index contributed by atoms with van der Waals surface area (Å²) in [6, 6.07) is 0.344. The van der Waals surface area contributed by atoms with Gasteiger partial charge in [-0.1, -0.05) is 12.8 Å². The number of rotatable bonds is 10. The van der Waals surface area contributed by atoms with Crippen molar-refractivity contribution in [2.24, 2.45) is 29.6 Å². The lowest BCUT2D eigenvalue weighted by Crippen LogP contribution is -2.64. The Hall–Kier alpha value is -1.65. The van der Waals surface area contributed by atoms with Gasteiger partial charge in [0.05, 0.1) is 11.4 Å². The van der Waals surface area contributed by atoms with E-state index in [1.165, 1.54) is 29.5 Å². The average molecular weight is 590 g/mol. The fraction of sp³-hybridized carbons (Fsp3) is 0.871. The normalized spacial score (nSPS) is 38.6. The molecule has 2 N–H and O–H groups in total. The zero-order valence-electron chi connectivity index (χ0n) is 24.4. The molecule has 6 aliphatic carbocycles. The van der Waals surface area contributed by atoms with E-state index < -0.39 is 5.25 Å². The largest absolute Gasteiger partial charge is 0.353 e. The third-order valence-corrected chi connectivity index (χ3v) is 12.8. The van der Waals surface area contributed by atoms with Crippen LogP contribution in [-0.2, 0) is 24.1 Å². The fourth-order valence-electron chi connectivity index (χ4n) is 9.47. The Morgan fingerprint density at radius 2 is 1.73 bits per heavy atom. The van der Waals surface area contributed by atoms with Crippen LogP contribution in [-0.4, -0.2) is 81.0 Å². The van der Waals surface area contributed by atoms with E-state index in [0.29, 0.717) is 42.5 Å². The molecule has 0 spiro atoms. The van der Waals surface area contributed by atoms with Crippen LogP contribution in [0.4, 0.5) is 0 Å². The zero-order valence-corrected chi connectivity index (χ0v) is 25.2. The SMILES string of the molecule is CN(C(=O)CCSC1CC(=O)N(CC2CCC(C(=O)NC3CCCC3)CC2)C1=O)C12CC3CC(C1)C(OO)C(C3)C2. The van der Waals surface area contributed by atoms with E-state index in [4.69, 9.17) is 4.89 Å². The maximum atomic E-state index is 13.3. The maximum absolute atomic E-state index is 13.3. The second-order valence-corrected chi connectivity index (χ2v) is 15.4. The molecular weight excluding hydrogens is 542 g/mol. The monoisotopic (exact) mass is 589 g/mol. The molecule has 0 aromatic carbocycles. The van der Waals surface area contributed by atoms with Crippen molar-refractivity contribution in [3.63, 3.8) is 0 Å². The minimum absolute atomic E-state index is 0.0543. The minimum Gasteiger partial charge on any atom is -0.353 e. The molecule has 3 atom stereocenters. The second-order valence-electron chi connectivity index (χ2n) is 14.1. The van der Waals surface area contributed by atoms with Crippen LogP contribution in [0.25, 0.3) is 0 Å². The Balaban J connectivity index is 0.933. The van der Waals surface area contributed by atoms with E-state index in [1.807, 2.05) is 11.9 Å². The first-order valence-electron chi connectivity index (χ1n) is 16.1. The molecule has 1 aliphatic heterocycles. The molecule has 41 heavy (non-hydrogen) atoms. The number of nitrogens with zero attached hydrogens (tertiary/aromatic N) is 2. The summed E-state index contributed by atoms with van der Waals surface area (Å²) in [5.74, 6) is 2.13. The summed E-state index contributed by atoms with van der Waals surface area (Å²) in [7, 11) is 1.92. The van der Waals surface area contributed by atoms with Gasteiger partial charge in [-0.15, -0.1) is 11.8 Å². The molecule has 9 nitrogen and oxygen atoms in total. The summed E-state index contributed by atoms with van der Waals surface area (Å²) in [4.78, 5) is 60.1. The predicted molar refractivity (Wildman–Crippen MR) is 155 cm³/mol. The van der Waals surface area contributed by atoms with Gasteiger partial charge in [-0.05, 0) is 94.3 Å². The lowest BCUT2D eigenvalue weighted by molar-refractivity contribution is -0.328. The first kappa shape index (κ1) is 29.4. The number of hydrogen-bond acceptors (Lipinski definition) is 7. The van der Waals surface area contributed by atoms with Gasteiger partial charge >= 0.3 is 0 Å². The molecule has 10 heteroatoms. The van der Waals surface area contributed by atoms with Crippen LogP contribution in [0.1, 0.15) is 96.3 Å². The molecule has 7 rings (SSSR count). The van der Waals surface area contributed by atoms with Crippen LogP contribution in [0.5, 0.6) is 0 Å². The average Bonchev–Trinajstić information content (AvgIpc) is 3.56. The number of likely N-dealkylation sites (tertiary alicyclic amines) is 1. The molecule has 1 heterocycles. The van der Waals surface area contributed by atoms with Gasteiger partial charge in [0.15, 0.2) is 0 Å². The minimum atomic E-state index is -0.406. The molecule has 0 aromatic heterocycles. The number of nitrogens with one attached hydrogen (secondary N) is 1. The van der Waals surface area contributed by atoms with Crippen LogP contribution >= 0.6 is 11.8 Å². The number of carbonyl (C=O) groups excluding carboxylic acids is 4. The lowest BCUT2D eigenvalue weighted by atomic mass is 9.51. The molecule has 0 aromatic rings. The van der Waals surface area contributed by atoms with E-state index in [1.54, 1.807) is 0 Å². The molecular formula is C31H47N3O6S. The standard InChI is InChI=1S/C31H47N3O6S/c1-33(31-15-20-12-22(16-31)28(40-39)23(13-20)17-31)26(35)10-11-41-25-14-27(36)34(30(25)38)18-19-6-8-21(9-7-19)29(37)32-24-4-2-3-5-24/h19-25,28,39H,2-18H2,1H3,(H,32,37). The number of carbonyl (C=O) groups is 4. The third kappa shape index (κ3) is 5.94. The number of amides is 4. The Bertz CT molecular complexity index is 1010. The summed E-state index contributed by atoms with van der Waals surface area (Å²) in [6.07, 6.45) is 13.4. The van der Waals surface area contributed by atoms with Gasteiger partial charge in [0.1, 0.15) is 0 Å². The molecule has 1 saturated heterocycles. The Labute approximate surface area is 247 Å². The van der Waals surface area contributed by atoms with Gasteiger partial charge in [0, 0.05) is 49.7 Å². The Kier molecular flexibility index (Phi) is 8.72. The van der Waals surface area contributed by atoms with Crippen LogP contribution in [0.3, 0.4) is 0 Å². The van der Waals surface area contributed by atoms with Gasteiger partial charge in [0.25, 0.3) is 0 Å². The van der Waals surface area contributed by atoms with Crippen molar-refractivity contribution in [3.8, 4) is 0 Å². The molecule has 7 fully saturated rings. The number of hydrogen-bond donors (Lipinski definition) is 2. The van der Waals surface area contributed by atoms with E-state index in [2.05, 4.69) is 5.32 Å². The first-order chi connectivity index (χ1) is 19.8. The Morgan fingerprint density at radius 3 is 2.39 bits per heavy atom. The highest BCUT2D eigenvalue weighted by atomic mass is 32.2. The van der Waals surface area contributed by atoms with Crippen molar-refractivity contribution in [2.45, 2.75) is 119 Å². The lowest BCUT2D eigenvalue weighted by Gasteiger charge is -2.61. The highest BCUT2D eigenvalue weighted by molar-refractivity contribution is 8.00. The van der Waals surface area contributed by atoms with Crippen molar-refractivity contribution in [2.75, 3.05) is 19.3 Å². The summed E-state index contributed by atoms with van der Waals surface area (Å²) in [5, 5.41) is 12.2. The van der Waals surface area contributed by atoms with Crippen LogP contribution < -0.4 is 5.32 Å². The number of imide groups is 1. The van der Waals surface area contributed by atoms with Crippen molar-refractivity contribution in [1.82, 2.24) is 15.1 Å². The molecule has 6 saturated carbocycles. The molecule has 7 aliphatic rings. The highest BCUT2D eigenvalue weighted by Gasteiger charge is 2.58. The molecule has 4 bridgehead atoms. The van der Waals surface area contributed by atoms with E-state index in [9.17, 15) is 24.4 Å². The first-order valence-corrected chi connectivity index (χ1v) is 17.1. The van der Waals surface area contributed by atoms with Gasteiger partial charge < -0.3 is 10.2 Å². The van der Waals surface area contributed by atoms with Gasteiger partial charge in [-0.3, -0.25) is 29.3 Å². The zero-order chi connectivity index (χ0) is 28.7. The predicted octanol–water partition coefficient (Wildman–Crippen LogP) is 4.00. The Morgan fingerprint density at radius 1 is 1.05 bits per heavy atom. The van der Waals surface area contributed by atoms with E-state index in [-0.39, 0.29) is 53.5 Å². The summed E-state index contributed by atoms with van der Waals surface area (Å²) in [5.41, 5.74) is -0.139. The molecule has 228 valence electrons. The van der Waals surface area contributed by atoms with E-state index >= 15 is 0 Å². The quantitative estimate of drug-likeness (QED) is 0.225. The van der Waals surface area contributed by atoms with Gasteiger partial charge in [0.2, 0.25) is 23.6 Å². The summed E-state index contributed by atoms with van der Waals surface area (Å²) < 4.78 is 0. The fourth-order valence-corrected chi connectivity index (χ4v) is 10.6. The van der Waals surface area contributed by atoms with Crippen LogP contribution in [0.15, 0.2) is 0 Å². The van der Waals surface area contributed by atoms with Crippen molar-refractivity contribution < 1.29 is 29.3 Å². The second kappa shape index (κ2) is 12.2.